The molecule has 7 nitrogen and oxygen atoms in total. The average molecular weight is 320 g/mol. The first-order chi connectivity index (χ1) is 10.9. The van der Waals surface area contributed by atoms with Crippen LogP contribution in [0.1, 0.15) is 41.6 Å². The Morgan fingerprint density at radius 1 is 1.43 bits per heavy atom. The van der Waals surface area contributed by atoms with Crippen LogP contribution >= 0.6 is 0 Å². The topological polar surface area (TPSA) is 101 Å². The second-order valence-electron chi connectivity index (χ2n) is 5.95. The summed E-state index contributed by atoms with van der Waals surface area (Å²) in [6.45, 7) is 2.79. The summed E-state index contributed by atoms with van der Waals surface area (Å²) >= 11 is 0. The van der Waals surface area contributed by atoms with Crippen LogP contribution in [-0.4, -0.2) is 39.9 Å². The number of carbonyl (C=O) groups is 2. The zero-order valence-electron chi connectivity index (χ0n) is 13.0. The zero-order valence-corrected chi connectivity index (χ0v) is 13.0. The Hall–Kier alpha value is -2.44. The van der Waals surface area contributed by atoms with Gasteiger partial charge >= 0.3 is 5.97 Å². The average Bonchev–Trinajstić information content (AvgIpc) is 2.52. The zero-order chi connectivity index (χ0) is 17.0. The van der Waals surface area contributed by atoms with Crippen LogP contribution in [0.2, 0.25) is 0 Å². The third-order valence-electron chi connectivity index (χ3n) is 4.21. The van der Waals surface area contributed by atoms with Crippen molar-refractivity contribution in [2.45, 2.75) is 32.6 Å². The number of nitro benzene ring substituents is 1. The lowest BCUT2D eigenvalue weighted by molar-refractivity contribution is -0.385. The van der Waals surface area contributed by atoms with Crippen LogP contribution in [-0.2, 0) is 4.79 Å². The molecule has 0 bridgehead atoms. The molecule has 1 aromatic rings. The molecule has 1 N–H and O–H groups in total. The minimum atomic E-state index is -0.820. The van der Waals surface area contributed by atoms with Gasteiger partial charge in [-0.2, -0.15) is 0 Å². The van der Waals surface area contributed by atoms with Gasteiger partial charge in [0.1, 0.15) is 0 Å². The van der Waals surface area contributed by atoms with Crippen molar-refractivity contribution < 1.29 is 19.6 Å². The Bertz CT molecular complexity index is 629. The fourth-order valence-electron chi connectivity index (χ4n) is 2.99. The van der Waals surface area contributed by atoms with Gasteiger partial charge in [0.05, 0.1) is 4.92 Å². The fourth-order valence-corrected chi connectivity index (χ4v) is 2.99. The Kier molecular flexibility index (Phi) is 5.31. The van der Waals surface area contributed by atoms with E-state index < -0.39 is 10.9 Å². The summed E-state index contributed by atoms with van der Waals surface area (Å²) in [5, 5.41) is 19.6. The van der Waals surface area contributed by atoms with Gasteiger partial charge in [-0.05, 0) is 44.2 Å². The molecule has 1 aromatic carbocycles. The van der Waals surface area contributed by atoms with Gasteiger partial charge in [0.25, 0.3) is 11.6 Å². The van der Waals surface area contributed by atoms with E-state index in [1.807, 2.05) is 0 Å². The molecule has 1 unspecified atom stereocenters. The van der Waals surface area contributed by atoms with Gasteiger partial charge in [-0.25, -0.2) is 0 Å². The molecule has 124 valence electrons. The quantitative estimate of drug-likeness (QED) is 0.664. The van der Waals surface area contributed by atoms with Gasteiger partial charge < -0.3 is 10.0 Å². The molecule has 0 aliphatic carbocycles. The minimum Gasteiger partial charge on any atom is -0.481 e. The highest BCUT2D eigenvalue weighted by molar-refractivity contribution is 5.94. The number of carboxylic acids is 1. The molecule has 0 saturated carbocycles. The first-order valence-electron chi connectivity index (χ1n) is 7.64. The molecule has 7 heteroatoms. The number of aliphatic carboxylic acids is 1. The van der Waals surface area contributed by atoms with Crippen molar-refractivity contribution in [1.82, 2.24) is 4.90 Å². The molecule has 1 atom stereocenters. The van der Waals surface area contributed by atoms with Crippen molar-refractivity contribution in [2.75, 3.05) is 13.1 Å². The highest BCUT2D eigenvalue weighted by Crippen LogP contribution is 2.24. The number of hydrogen-bond acceptors (Lipinski definition) is 4. The molecule has 1 aliphatic heterocycles. The van der Waals surface area contributed by atoms with Crippen LogP contribution in [0.3, 0.4) is 0 Å². The number of hydrogen-bond donors (Lipinski definition) is 1. The van der Waals surface area contributed by atoms with Gasteiger partial charge in [0.2, 0.25) is 0 Å². The number of amides is 1. The molecule has 1 amide bonds. The van der Waals surface area contributed by atoms with Gasteiger partial charge in [0, 0.05) is 36.7 Å². The van der Waals surface area contributed by atoms with Crippen molar-refractivity contribution in [1.29, 1.82) is 0 Å². The third kappa shape index (κ3) is 4.28. The molecule has 1 fully saturated rings. The van der Waals surface area contributed by atoms with Crippen LogP contribution in [0.5, 0.6) is 0 Å². The second kappa shape index (κ2) is 7.21. The van der Waals surface area contributed by atoms with E-state index in [4.69, 9.17) is 5.11 Å². The van der Waals surface area contributed by atoms with Crippen molar-refractivity contribution in [2.24, 2.45) is 5.92 Å². The van der Waals surface area contributed by atoms with Crippen LogP contribution in [0, 0.1) is 23.0 Å². The Balaban J connectivity index is 2.06. The molecule has 23 heavy (non-hydrogen) atoms. The first kappa shape index (κ1) is 16.9. The van der Waals surface area contributed by atoms with Crippen molar-refractivity contribution in [3.8, 4) is 0 Å². The van der Waals surface area contributed by atoms with E-state index in [1.165, 1.54) is 12.1 Å². The molecule has 1 heterocycles. The Morgan fingerprint density at radius 3 is 2.78 bits per heavy atom. The summed E-state index contributed by atoms with van der Waals surface area (Å²) in [7, 11) is 0. The Labute approximate surface area is 134 Å². The monoisotopic (exact) mass is 320 g/mol. The van der Waals surface area contributed by atoms with Crippen molar-refractivity contribution in [3.63, 3.8) is 0 Å². The number of benzene rings is 1. The van der Waals surface area contributed by atoms with E-state index in [-0.39, 0.29) is 23.9 Å². The van der Waals surface area contributed by atoms with Crippen LogP contribution in [0.15, 0.2) is 18.2 Å². The lowest BCUT2D eigenvalue weighted by atomic mass is 9.93. The number of aryl methyl sites for hydroxylation is 1. The van der Waals surface area contributed by atoms with Gasteiger partial charge in [-0.1, -0.05) is 0 Å². The van der Waals surface area contributed by atoms with E-state index >= 15 is 0 Å². The minimum absolute atomic E-state index is 0.000436. The highest BCUT2D eigenvalue weighted by Gasteiger charge is 2.25. The summed E-state index contributed by atoms with van der Waals surface area (Å²) in [5.74, 6) is -0.773. The normalized spacial score (nSPS) is 17.8. The second-order valence-corrected chi connectivity index (χ2v) is 5.95. The van der Waals surface area contributed by atoms with Crippen molar-refractivity contribution in [3.05, 3.63) is 39.4 Å². The molecule has 1 aliphatic rings. The van der Waals surface area contributed by atoms with Crippen LogP contribution < -0.4 is 0 Å². The van der Waals surface area contributed by atoms with Crippen LogP contribution in [0.4, 0.5) is 5.69 Å². The molecule has 0 spiro atoms. The number of carboxylic acid groups (broad SMARTS) is 1. The van der Waals surface area contributed by atoms with E-state index in [2.05, 4.69) is 0 Å². The molecule has 0 radical (unpaired) electrons. The Morgan fingerprint density at radius 2 is 2.17 bits per heavy atom. The summed E-state index contributed by atoms with van der Waals surface area (Å²) in [6.07, 6.45) is 2.46. The maximum atomic E-state index is 12.6. The lowest BCUT2D eigenvalue weighted by Gasteiger charge is -2.32. The van der Waals surface area contributed by atoms with Gasteiger partial charge in [0.15, 0.2) is 0 Å². The van der Waals surface area contributed by atoms with E-state index in [0.29, 0.717) is 30.6 Å². The van der Waals surface area contributed by atoms with E-state index in [1.54, 1.807) is 17.9 Å². The maximum absolute atomic E-state index is 12.6. The standard InChI is InChI=1S/C16H20N2O5/c1-11-9-13(5-6-14(11)18(22)23)16(21)17-8-2-3-12(10-17)4-7-15(19)20/h5-6,9,12H,2-4,7-8,10H2,1H3,(H,19,20). The predicted molar refractivity (Wildman–Crippen MR) is 83.3 cm³/mol. The highest BCUT2D eigenvalue weighted by atomic mass is 16.6. The molecule has 0 aromatic heterocycles. The number of carbonyl (C=O) groups excluding carboxylic acids is 1. The van der Waals surface area contributed by atoms with Crippen LogP contribution in [0.25, 0.3) is 0 Å². The van der Waals surface area contributed by atoms with Gasteiger partial charge in [-0.3, -0.25) is 19.7 Å². The summed E-state index contributed by atoms with van der Waals surface area (Å²) in [5.41, 5.74) is 0.895. The van der Waals surface area contributed by atoms with E-state index in [9.17, 15) is 19.7 Å². The third-order valence-corrected chi connectivity index (χ3v) is 4.21. The number of likely N-dealkylation sites (tertiary alicyclic amines) is 1. The molecule has 1 saturated heterocycles. The largest absolute Gasteiger partial charge is 0.481 e. The molecular weight excluding hydrogens is 300 g/mol. The summed E-state index contributed by atoms with van der Waals surface area (Å²) in [4.78, 5) is 35.3. The smallest absolute Gasteiger partial charge is 0.303 e. The molecule has 2 rings (SSSR count). The van der Waals surface area contributed by atoms with E-state index in [0.717, 1.165) is 12.8 Å². The summed E-state index contributed by atoms with van der Waals surface area (Å²) < 4.78 is 0. The number of piperidine rings is 1. The fraction of sp³-hybridized carbons (Fsp3) is 0.500. The first-order valence-corrected chi connectivity index (χ1v) is 7.64. The lowest BCUT2D eigenvalue weighted by Crippen LogP contribution is -2.40. The van der Waals surface area contributed by atoms with Crippen molar-refractivity contribution >= 4 is 17.6 Å². The number of nitro groups is 1. The predicted octanol–water partition coefficient (Wildman–Crippen LogP) is 2.62. The maximum Gasteiger partial charge on any atom is 0.303 e. The molecular formula is C16H20N2O5. The van der Waals surface area contributed by atoms with Gasteiger partial charge in [-0.15, -0.1) is 0 Å². The summed E-state index contributed by atoms with van der Waals surface area (Å²) in [6, 6.07) is 4.38. The SMILES string of the molecule is Cc1cc(C(=O)N2CCCC(CCC(=O)O)C2)ccc1[N+](=O)[O-]. The number of nitrogens with zero attached hydrogens (tertiary/aromatic N) is 2. The number of rotatable bonds is 5.